The Kier molecular flexibility index (Phi) is 10.1. The summed E-state index contributed by atoms with van der Waals surface area (Å²) in [6.45, 7) is 7.45. The van der Waals surface area contributed by atoms with Gasteiger partial charge in [0.1, 0.15) is 18.1 Å². The molecule has 42 heavy (non-hydrogen) atoms. The number of esters is 1. The normalized spacial score (nSPS) is 11.1. The second-order valence-corrected chi connectivity index (χ2v) is 10.5. The van der Waals surface area contributed by atoms with E-state index < -0.39 is 11.9 Å². The molecule has 1 amide bonds. The highest BCUT2D eigenvalue weighted by Crippen LogP contribution is 2.34. The van der Waals surface area contributed by atoms with Gasteiger partial charge in [-0.15, -0.1) is 0 Å². The minimum absolute atomic E-state index is 0.0689. The van der Waals surface area contributed by atoms with E-state index in [4.69, 9.17) is 23.4 Å². The highest BCUT2D eigenvalue weighted by Gasteiger charge is 2.16. The van der Waals surface area contributed by atoms with Crippen LogP contribution in [0.2, 0.25) is 0 Å². The maximum Gasteiger partial charge on any atom is 0.344 e. The summed E-state index contributed by atoms with van der Waals surface area (Å²) in [6, 6.07) is 18.5. The van der Waals surface area contributed by atoms with Gasteiger partial charge < -0.3 is 27.9 Å². The summed E-state index contributed by atoms with van der Waals surface area (Å²) in [4.78, 5) is 24.6. The Morgan fingerprint density at radius 2 is 1.74 bits per heavy atom. The number of benzene rings is 2. The van der Waals surface area contributed by atoms with Crippen LogP contribution in [0.1, 0.15) is 47.1 Å². The number of halogens is 1. The van der Waals surface area contributed by atoms with Gasteiger partial charge in [0.2, 0.25) is 0 Å². The minimum Gasteiger partial charge on any atom is -0.493 e. The number of nitrogens with zero attached hydrogens (tertiary/aromatic N) is 2. The van der Waals surface area contributed by atoms with Gasteiger partial charge in [-0.05, 0) is 88.4 Å². The minimum atomic E-state index is -0.552. The van der Waals surface area contributed by atoms with E-state index in [1.165, 1.54) is 13.3 Å². The number of methoxy groups -OCH3 is 1. The number of rotatable bonds is 12. The highest BCUT2D eigenvalue weighted by atomic mass is 79.9. The molecule has 0 radical (unpaired) electrons. The zero-order valence-electron chi connectivity index (χ0n) is 24.0. The third-order valence-electron chi connectivity index (χ3n) is 5.97. The van der Waals surface area contributed by atoms with Crippen LogP contribution in [0.25, 0.3) is 5.69 Å². The molecule has 4 aromatic rings. The van der Waals surface area contributed by atoms with E-state index in [1.807, 2.05) is 24.3 Å². The monoisotopic (exact) mass is 637 g/mol. The zero-order chi connectivity index (χ0) is 30.2. The molecule has 0 aliphatic rings. The molecule has 0 aliphatic carbocycles. The summed E-state index contributed by atoms with van der Waals surface area (Å²) < 4.78 is 30.5. The average molecular weight is 639 g/mol. The van der Waals surface area contributed by atoms with Gasteiger partial charge in [-0.1, -0.05) is 15.9 Å². The molecular formula is C31H32BrN3O7. The van der Waals surface area contributed by atoms with Gasteiger partial charge in [-0.3, -0.25) is 4.79 Å². The lowest BCUT2D eigenvalue weighted by Crippen LogP contribution is -2.19. The quantitative estimate of drug-likeness (QED) is 0.113. The van der Waals surface area contributed by atoms with E-state index in [0.29, 0.717) is 27.3 Å². The smallest absolute Gasteiger partial charge is 0.344 e. The Labute approximate surface area is 252 Å². The third kappa shape index (κ3) is 7.82. The molecule has 0 spiro atoms. The van der Waals surface area contributed by atoms with Crippen molar-refractivity contribution < 1.29 is 33.0 Å². The molecule has 0 atom stereocenters. The predicted octanol–water partition coefficient (Wildman–Crippen LogP) is 6.13. The van der Waals surface area contributed by atoms with E-state index in [-0.39, 0.29) is 30.8 Å². The molecule has 0 saturated heterocycles. The van der Waals surface area contributed by atoms with Crippen LogP contribution in [0.4, 0.5) is 0 Å². The maximum atomic E-state index is 12.6. The molecule has 0 bridgehead atoms. The summed E-state index contributed by atoms with van der Waals surface area (Å²) in [5, 5.41) is 4.02. The number of aryl methyl sites for hydroxylation is 2. The van der Waals surface area contributed by atoms with Gasteiger partial charge in [0.25, 0.3) is 0 Å². The largest absolute Gasteiger partial charge is 0.493 e. The zero-order valence-corrected chi connectivity index (χ0v) is 25.6. The molecule has 0 unspecified atom stereocenters. The molecule has 2 aromatic carbocycles. The molecule has 2 aromatic heterocycles. The second-order valence-electron chi connectivity index (χ2n) is 9.55. The maximum absolute atomic E-state index is 12.6. The number of hydrazone groups is 1. The van der Waals surface area contributed by atoms with Gasteiger partial charge in [0, 0.05) is 27.1 Å². The number of hydrogen-bond donors (Lipinski definition) is 1. The molecule has 1 N–H and O–H groups in total. The lowest BCUT2D eigenvalue weighted by Gasteiger charge is -2.14. The second kappa shape index (κ2) is 13.9. The average Bonchev–Trinajstić information content (AvgIpc) is 3.57. The molecular weight excluding hydrogens is 606 g/mol. The van der Waals surface area contributed by atoms with Crippen LogP contribution >= 0.6 is 15.9 Å². The van der Waals surface area contributed by atoms with Crippen LogP contribution in [-0.2, 0) is 16.1 Å². The number of ether oxygens (including phenoxy) is 4. The number of carbonyl (C=O) groups is 2. The van der Waals surface area contributed by atoms with Gasteiger partial charge >= 0.3 is 11.9 Å². The fourth-order valence-corrected chi connectivity index (χ4v) is 4.59. The molecule has 0 aliphatic heterocycles. The topological polar surface area (TPSA) is 114 Å². The van der Waals surface area contributed by atoms with Crippen molar-refractivity contribution in [1.82, 2.24) is 9.99 Å². The van der Waals surface area contributed by atoms with Crippen LogP contribution < -0.4 is 19.6 Å². The van der Waals surface area contributed by atoms with Crippen molar-refractivity contribution in [3.05, 3.63) is 93.6 Å². The van der Waals surface area contributed by atoms with Crippen molar-refractivity contribution >= 4 is 34.0 Å². The molecule has 2 heterocycles. The Hall–Kier alpha value is -4.51. The lowest BCUT2D eigenvalue weighted by molar-refractivity contribution is -0.149. The van der Waals surface area contributed by atoms with Gasteiger partial charge in [-0.2, -0.15) is 5.10 Å². The Morgan fingerprint density at radius 1 is 1.02 bits per heavy atom. The summed E-state index contributed by atoms with van der Waals surface area (Å²) in [5.41, 5.74) is 6.24. The Bertz CT molecular complexity index is 1550. The summed E-state index contributed by atoms with van der Waals surface area (Å²) in [7, 11) is 1.47. The van der Waals surface area contributed by atoms with Crippen LogP contribution in [0, 0.1) is 13.8 Å². The van der Waals surface area contributed by atoms with Crippen molar-refractivity contribution in [2.24, 2.45) is 5.10 Å². The molecule has 220 valence electrons. The Balaban J connectivity index is 1.35. The first kappa shape index (κ1) is 30.4. The van der Waals surface area contributed by atoms with E-state index in [9.17, 15) is 9.59 Å². The first-order chi connectivity index (χ1) is 20.1. The van der Waals surface area contributed by atoms with Crippen molar-refractivity contribution in [1.29, 1.82) is 0 Å². The summed E-state index contributed by atoms with van der Waals surface area (Å²) >= 11 is 3.41. The highest BCUT2D eigenvalue weighted by molar-refractivity contribution is 9.10. The molecule has 0 fully saturated rings. The fraction of sp³-hybridized carbons (Fsp3) is 0.258. The molecule has 4 rings (SSSR count). The number of carbonyl (C=O) groups excluding carboxylic acids is 2. The van der Waals surface area contributed by atoms with Crippen LogP contribution in [0.15, 0.2) is 74.7 Å². The summed E-state index contributed by atoms with van der Waals surface area (Å²) in [5.74, 6) is 0.781. The van der Waals surface area contributed by atoms with E-state index in [1.54, 1.807) is 38.1 Å². The van der Waals surface area contributed by atoms with Crippen molar-refractivity contribution in [3.8, 4) is 22.9 Å². The summed E-state index contributed by atoms with van der Waals surface area (Å²) in [6.07, 6.45) is 1.11. The molecule has 10 nitrogen and oxygen atoms in total. The molecule has 0 saturated carbocycles. The van der Waals surface area contributed by atoms with Crippen LogP contribution in [-0.4, -0.2) is 42.5 Å². The SMILES string of the molecule is COc1cc(Br)cc(C=NNC(=O)c2ccc(COc3ccc(-n4c(C)ccc4C)cc3)o2)c1OCC(=O)OC(C)C. The predicted molar refractivity (Wildman–Crippen MR) is 161 cm³/mol. The number of nitrogens with one attached hydrogen (secondary N) is 1. The Morgan fingerprint density at radius 3 is 2.40 bits per heavy atom. The third-order valence-corrected chi connectivity index (χ3v) is 6.43. The molecule has 11 heteroatoms. The first-order valence-corrected chi connectivity index (χ1v) is 13.9. The number of aromatic nitrogens is 1. The fourth-order valence-electron chi connectivity index (χ4n) is 4.13. The lowest BCUT2D eigenvalue weighted by atomic mass is 10.2. The van der Waals surface area contributed by atoms with E-state index in [0.717, 1.165) is 17.1 Å². The number of amides is 1. The van der Waals surface area contributed by atoms with Crippen molar-refractivity contribution in [2.45, 2.75) is 40.4 Å². The van der Waals surface area contributed by atoms with E-state index in [2.05, 4.69) is 57.0 Å². The standard InChI is InChI=1S/C31H32BrN3O7/c1-19(2)41-29(36)18-40-30-22(14-23(32)15-28(30)38-5)16-33-34-31(37)27-13-12-26(42-27)17-39-25-10-8-24(9-11-25)35-20(3)6-7-21(35)4/h6-16,19H,17-18H2,1-5H3,(H,34,37). The van der Waals surface area contributed by atoms with Crippen LogP contribution in [0.3, 0.4) is 0 Å². The van der Waals surface area contributed by atoms with Crippen LogP contribution in [0.5, 0.6) is 17.2 Å². The van der Waals surface area contributed by atoms with Gasteiger partial charge in [0.05, 0.1) is 19.4 Å². The number of hydrogen-bond acceptors (Lipinski definition) is 8. The number of furan rings is 1. The van der Waals surface area contributed by atoms with Gasteiger partial charge in [0.15, 0.2) is 23.9 Å². The van der Waals surface area contributed by atoms with Gasteiger partial charge in [-0.25, -0.2) is 10.2 Å². The van der Waals surface area contributed by atoms with E-state index >= 15 is 0 Å². The first-order valence-electron chi connectivity index (χ1n) is 13.1. The van der Waals surface area contributed by atoms with Crippen molar-refractivity contribution in [2.75, 3.05) is 13.7 Å². The van der Waals surface area contributed by atoms with Crippen molar-refractivity contribution in [3.63, 3.8) is 0 Å².